The lowest BCUT2D eigenvalue weighted by Gasteiger charge is -2.19. The molecule has 0 aromatic heterocycles. The molecule has 0 fully saturated rings. The van der Waals surface area contributed by atoms with Crippen LogP contribution >= 0.6 is 11.8 Å². The van der Waals surface area contributed by atoms with E-state index in [0.29, 0.717) is 0 Å². The summed E-state index contributed by atoms with van der Waals surface area (Å²) in [7, 11) is 0. The van der Waals surface area contributed by atoms with E-state index in [2.05, 4.69) is 76.3 Å². The van der Waals surface area contributed by atoms with Crippen molar-refractivity contribution >= 4 is 23.4 Å². The van der Waals surface area contributed by atoms with Gasteiger partial charge < -0.3 is 5.32 Å². The first kappa shape index (κ1) is 24.5. The number of anilines is 1. The Morgan fingerprint density at radius 2 is 1.53 bits per heavy atom. The van der Waals surface area contributed by atoms with Gasteiger partial charge in [-0.25, -0.2) is 0 Å². The second-order valence-corrected chi connectivity index (χ2v) is 9.74. The highest BCUT2D eigenvalue weighted by atomic mass is 32.2. The van der Waals surface area contributed by atoms with Crippen LogP contribution in [0.25, 0.3) is 0 Å². The third-order valence-corrected chi connectivity index (χ3v) is 6.81. The highest BCUT2D eigenvalue weighted by Crippen LogP contribution is 2.30. The van der Waals surface area contributed by atoms with Crippen molar-refractivity contribution in [2.75, 3.05) is 5.32 Å². The van der Waals surface area contributed by atoms with E-state index >= 15 is 0 Å². The molecule has 0 bridgehead atoms. The van der Waals surface area contributed by atoms with Gasteiger partial charge in [-0.3, -0.25) is 4.79 Å². The number of hydrogen-bond acceptors (Lipinski definition) is 2. The number of benzene rings is 2. The van der Waals surface area contributed by atoms with Gasteiger partial charge in [0, 0.05) is 10.6 Å². The van der Waals surface area contributed by atoms with E-state index in [4.69, 9.17) is 0 Å². The summed E-state index contributed by atoms with van der Waals surface area (Å²) in [4.78, 5) is 14.4. The van der Waals surface area contributed by atoms with Crippen LogP contribution in [0.4, 0.5) is 5.69 Å². The Labute approximate surface area is 188 Å². The number of aryl methyl sites for hydroxylation is 4. The first-order valence-corrected chi connectivity index (χ1v) is 12.5. The molecule has 1 N–H and O–H groups in total. The van der Waals surface area contributed by atoms with Crippen LogP contribution in [0.3, 0.4) is 0 Å². The van der Waals surface area contributed by atoms with Crippen molar-refractivity contribution in [1.82, 2.24) is 0 Å². The van der Waals surface area contributed by atoms with Crippen molar-refractivity contribution in [3.63, 3.8) is 0 Å². The van der Waals surface area contributed by atoms with Gasteiger partial charge in [0.2, 0.25) is 5.91 Å². The lowest BCUT2D eigenvalue weighted by atomic mass is 10.0. The Balaban J connectivity index is 2.10. The van der Waals surface area contributed by atoms with E-state index in [1.165, 1.54) is 41.7 Å². The molecule has 1 amide bonds. The van der Waals surface area contributed by atoms with Crippen molar-refractivity contribution < 1.29 is 4.79 Å². The molecule has 0 saturated carbocycles. The van der Waals surface area contributed by atoms with Gasteiger partial charge in [-0.15, -0.1) is 11.8 Å². The SMILES string of the molecule is CCCCCCCC(Sc1ccc(CCC)cc1)C(=O)Nc1c(C)cc(C)cc1C. The molecule has 1 atom stereocenters. The summed E-state index contributed by atoms with van der Waals surface area (Å²) in [6.07, 6.45) is 9.28. The van der Waals surface area contributed by atoms with Gasteiger partial charge in [-0.2, -0.15) is 0 Å². The molecular weight excluding hydrogens is 386 g/mol. The lowest BCUT2D eigenvalue weighted by molar-refractivity contribution is -0.115. The van der Waals surface area contributed by atoms with E-state index in [0.717, 1.165) is 42.5 Å². The fourth-order valence-corrected chi connectivity index (χ4v) is 5.02. The number of carbonyl (C=O) groups excluding carboxylic acids is 1. The summed E-state index contributed by atoms with van der Waals surface area (Å²) < 4.78 is 0. The first-order chi connectivity index (χ1) is 14.4. The Hall–Kier alpha value is -1.74. The third kappa shape index (κ3) is 7.83. The first-order valence-electron chi connectivity index (χ1n) is 11.6. The molecule has 2 aromatic rings. The van der Waals surface area contributed by atoms with Crippen molar-refractivity contribution in [1.29, 1.82) is 0 Å². The molecule has 30 heavy (non-hydrogen) atoms. The molecule has 0 heterocycles. The van der Waals surface area contributed by atoms with Gasteiger partial charge in [0.05, 0.1) is 5.25 Å². The minimum absolute atomic E-state index is 0.0660. The van der Waals surface area contributed by atoms with Crippen LogP contribution in [-0.4, -0.2) is 11.2 Å². The average Bonchev–Trinajstić information content (AvgIpc) is 2.71. The molecule has 0 spiro atoms. The fourth-order valence-electron chi connectivity index (χ4n) is 3.95. The van der Waals surface area contributed by atoms with Crippen LogP contribution in [0, 0.1) is 20.8 Å². The molecule has 1 unspecified atom stereocenters. The van der Waals surface area contributed by atoms with E-state index in [9.17, 15) is 4.79 Å². The Kier molecular flexibility index (Phi) is 10.5. The van der Waals surface area contributed by atoms with Crippen LogP contribution in [0.15, 0.2) is 41.3 Å². The molecule has 0 aliphatic heterocycles. The molecule has 164 valence electrons. The van der Waals surface area contributed by atoms with Gasteiger partial charge >= 0.3 is 0 Å². The number of carbonyl (C=O) groups is 1. The molecule has 0 radical (unpaired) electrons. The number of amides is 1. The Morgan fingerprint density at radius 1 is 0.900 bits per heavy atom. The predicted molar refractivity (Wildman–Crippen MR) is 133 cm³/mol. The summed E-state index contributed by atoms with van der Waals surface area (Å²) >= 11 is 1.71. The second kappa shape index (κ2) is 12.8. The Bertz CT molecular complexity index is 774. The van der Waals surface area contributed by atoms with Crippen LogP contribution in [0.1, 0.15) is 81.0 Å². The summed E-state index contributed by atoms with van der Waals surface area (Å²) in [6.45, 7) is 10.7. The predicted octanol–water partition coefficient (Wildman–Crippen LogP) is 8.02. The minimum Gasteiger partial charge on any atom is -0.325 e. The monoisotopic (exact) mass is 425 g/mol. The maximum atomic E-state index is 13.3. The summed E-state index contributed by atoms with van der Waals surface area (Å²) in [5.41, 5.74) is 5.85. The number of rotatable bonds is 12. The van der Waals surface area contributed by atoms with Crippen LogP contribution < -0.4 is 5.32 Å². The van der Waals surface area contributed by atoms with E-state index in [1.807, 2.05) is 0 Å². The molecule has 2 rings (SSSR count). The standard InChI is InChI=1S/C27H39NOS/c1-6-8-9-10-11-13-25(30-24-16-14-23(12-7-2)15-17-24)27(29)28-26-21(4)18-20(3)19-22(26)5/h14-19,25H,6-13H2,1-5H3,(H,28,29). The number of thioether (sulfide) groups is 1. The number of nitrogens with one attached hydrogen (secondary N) is 1. The summed E-state index contributed by atoms with van der Waals surface area (Å²) in [5, 5.41) is 3.18. The zero-order valence-electron chi connectivity index (χ0n) is 19.5. The lowest BCUT2D eigenvalue weighted by Crippen LogP contribution is -2.26. The Morgan fingerprint density at radius 3 is 2.13 bits per heavy atom. The molecule has 3 heteroatoms. The average molecular weight is 426 g/mol. The largest absolute Gasteiger partial charge is 0.325 e. The highest BCUT2D eigenvalue weighted by molar-refractivity contribution is 8.00. The van der Waals surface area contributed by atoms with Crippen LogP contribution in [0.5, 0.6) is 0 Å². The maximum Gasteiger partial charge on any atom is 0.237 e. The van der Waals surface area contributed by atoms with Gasteiger partial charge in [-0.05, 0) is 62.4 Å². The van der Waals surface area contributed by atoms with E-state index in [1.54, 1.807) is 11.8 Å². The highest BCUT2D eigenvalue weighted by Gasteiger charge is 2.21. The quantitative estimate of drug-likeness (QED) is 0.275. The topological polar surface area (TPSA) is 29.1 Å². The third-order valence-electron chi connectivity index (χ3n) is 5.53. The molecule has 0 saturated heterocycles. The van der Waals surface area contributed by atoms with Gasteiger partial charge in [-0.1, -0.05) is 82.2 Å². The van der Waals surface area contributed by atoms with Gasteiger partial charge in [0.1, 0.15) is 0 Å². The van der Waals surface area contributed by atoms with E-state index < -0.39 is 0 Å². The molecule has 0 aliphatic rings. The zero-order chi connectivity index (χ0) is 21.9. The van der Waals surface area contributed by atoms with Crippen molar-refractivity contribution in [2.45, 2.75) is 96.1 Å². The minimum atomic E-state index is -0.0660. The number of hydrogen-bond donors (Lipinski definition) is 1. The van der Waals surface area contributed by atoms with Gasteiger partial charge in [0.15, 0.2) is 0 Å². The fraction of sp³-hybridized carbons (Fsp3) is 0.519. The van der Waals surface area contributed by atoms with Crippen molar-refractivity contribution in [2.24, 2.45) is 0 Å². The molecule has 0 aliphatic carbocycles. The zero-order valence-corrected chi connectivity index (χ0v) is 20.3. The molecule has 2 aromatic carbocycles. The van der Waals surface area contributed by atoms with Crippen LogP contribution in [-0.2, 0) is 11.2 Å². The van der Waals surface area contributed by atoms with Crippen LogP contribution in [0.2, 0.25) is 0 Å². The van der Waals surface area contributed by atoms with Crippen molar-refractivity contribution in [3.8, 4) is 0 Å². The molecule has 2 nitrogen and oxygen atoms in total. The second-order valence-electron chi connectivity index (χ2n) is 8.47. The maximum absolute atomic E-state index is 13.3. The van der Waals surface area contributed by atoms with E-state index in [-0.39, 0.29) is 11.2 Å². The van der Waals surface area contributed by atoms with Crippen molar-refractivity contribution in [3.05, 3.63) is 58.7 Å². The van der Waals surface area contributed by atoms with Gasteiger partial charge in [0.25, 0.3) is 0 Å². The molecular formula is C27H39NOS. The normalized spacial score (nSPS) is 12.0. The summed E-state index contributed by atoms with van der Waals surface area (Å²) in [5.74, 6) is 0.128. The smallest absolute Gasteiger partial charge is 0.237 e. The number of unbranched alkanes of at least 4 members (excludes halogenated alkanes) is 4. The summed E-state index contributed by atoms with van der Waals surface area (Å²) in [6, 6.07) is 13.0.